The lowest BCUT2D eigenvalue weighted by Gasteiger charge is -2.25. The summed E-state index contributed by atoms with van der Waals surface area (Å²) < 4.78 is 5.35. The van der Waals surface area contributed by atoms with Gasteiger partial charge in [0, 0.05) is 6.42 Å². The predicted octanol–water partition coefficient (Wildman–Crippen LogP) is 0.368. The molecule has 2 aromatic carbocycles. The average Bonchev–Trinajstić information content (AvgIpc) is 3.16. The van der Waals surface area contributed by atoms with E-state index in [0.29, 0.717) is 29.8 Å². The SMILES string of the molecule is CSCC[C@H](NC(=O)[C@H](CC(C)C)NC(=O)CNC(=O)[C@H](Cc1ccccc1)NC(=O)[C@H](CC(=O)OCc1ccccc1)NC(=O)[C@@H](N)CCCN)C(=O)O. The highest BCUT2D eigenvalue weighted by Crippen LogP contribution is 2.10. The number of hydrogen-bond donors (Lipinski definition) is 8. The van der Waals surface area contributed by atoms with Crippen LogP contribution in [0.2, 0.25) is 0 Å². The van der Waals surface area contributed by atoms with Crippen LogP contribution in [0.4, 0.5) is 0 Å². The molecule has 55 heavy (non-hydrogen) atoms. The molecule has 0 bridgehead atoms. The van der Waals surface area contributed by atoms with Gasteiger partial charge in [-0.3, -0.25) is 28.8 Å². The van der Waals surface area contributed by atoms with Gasteiger partial charge < -0.3 is 47.9 Å². The number of esters is 1. The molecule has 0 aliphatic heterocycles. The van der Waals surface area contributed by atoms with Gasteiger partial charge >= 0.3 is 11.9 Å². The first kappa shape index (κ1) is 46.2. The standard InChI is InChI=1S/C38H55N7O9S/c1-24(2)19-29(36(50)43-28(38(52)53)16-18-55-3)42-32(46)22-41-35(49)30(20-25-11-6-4-7-12-25)45-37(51)31(44-34(48)27(40)15-10-17-39)21-33(47)54-23-26-13-8-5-9-14-26/h4-9,11-14,24,27-31H,10,15-23,39-40H2,1-3H3,(H,41,49)(H,42,46)(H,43,50)(H,44,48)(H,45,51)(H,52,53)/t27-,28-,29-,30-,31-/m0/s1. The van der Waals surface area contributed by atoms with Crippen LogP contribution in [-0.4, -0.2) is 102 Å². The number of rotatable bonds is 25. The summed E-state index contributed by atoms with van der Waals surface area (Å²) in [4.78, 5) is 91.1. The summed E-state index contributed by atoms with van der Waals surface area (Å²) in [5.74, 6) is -5.29. The first-order valence-electron chi connectivity index (χ1n) is 18.1. The molecule has 5 atom stereocenters. The number of benzene rings is 2. The van der Waals surface area contributed by atoms with E-state index in [2.05, 4.69) is 26.6 Å². The van der Waals surface area contributed by atoms with Gasteiger partial charge in [-0.25, -0.2) is 4.79 Å². The molecule has 0 heterocycles. The Bertz CT molecular complexity index is 1550. The molecule has 0 fully saturated rings. The topological polar surface area (TPSA) is 261 Å². The number of aliphatic carboxylic acids is 1. The zero-order valence-electron chi connectivity index (χ0n) is 31.6. The van der Waals surface area contributed by atoms with Gasteiger partial charge in [0.05, 0.1) is 19.0 Å². The number of amides is 5. The number of carboxylic acids is 1. The van der Waals surface area contributed by atoms with Crippen molar-refractivity contribution < 1.29 is 43.4 Å². The van der Waals surface area contributed by atoms with Gasteiger partial charge in [-0.1, -0.05) is 74.5 Å². The minimum atomic E-state index is -1.48. The fraction of sp³-hybridized carbons (Fsp3) is 0.500. The minimum absolute atomic E-state index is 0.0276. The Kier molecular flexibility index (Phi) is 21.1. The first-order valence-corrected chi connectivity index (χ1v) is 19.5. The highest BCUT2D eigenvalue weighted by atomic mass is 32.2. The normalized spacial score (nSPS) is 13.6. The zero-order valence-corrected chi connectivity index (χ0v) is 32.4. The Hall–Kier alpha value is -5.00. The molecule has 16 nitrogen and oxygen atoms in total. The van der Waals surface area contributed by atoms with E-state index in [9.17, 15) is 38.7 Å². The number of hydrogen-bond acceptors (Lipinski definition) is 11. The molecule has 0 unspecified atom stereocenters. The second-order valence-electron chi connectivity index (χ2n) is 13.3. The number of carbonyl (C=O) groups excluding carboxylic acids is 6. The monoisotopic (exact) mass is 785 g/mol. The summed E-state index contributed by atoms with van der Waals surface area (Å²) in [6.45, 7) is 3.30. The van der Waals surface area contributed by atoms with E-state index in [1.807, 2.05) is 20.1 Å². The molecular weight excluding hydrogens is 731 g/mol. The smallest absolute Gasteiger partial charge is 0.326 e. The van der Waals surface area contributed by atoms with E-state index < -0.39 is 84.6 Å². The molecule has 0 aliphatic rings. The molecule has 0 spiro atoms. The van der Waals surface area contributed by atoms with E-state index in [0.717, 1.165) is 0 Å². The summed E-state index contributed by atoms with van der Waals surface area (Å²) in [5.41, 5.74) is 12.9. The number of carbonyl (C=O) groups is 7. The van der Waals surface area contributed by atoms with Crippen molar-refractivity contribution in [3.8, 4) is 0 Å². The molecule has 17 heteroatoms. The predicted molar refractivity (Wildman–Crippen MR) is 208 cm³/mol. The van der Waals surface area contributed by atoms with Gasteiger partial charge in [-0.05, 0) is 61.3 Å². The summed E-state index contributed by atoms with van der Waals surface area (Å²) >= 11 is 1.43. The molecule has 0 radical (unpaired) electrons. The molecule has 5 amide bonds. The maximum absolute atomic E-state index is 13.8. The third kappa shape index (κ3) is 18.3. The van der Waals surface area contributed by atoms with Crippen LogP contribution in [0.15, 0.2) is 60.7 Å². The molecule has 10 N–H and O–H groups in total. The van der Waals surface area contributed by atoms with E-state index >= 15 is 0 Å². The van der Waals surface area contributed by atoms with Crippen LogP contribution >= 0.6 is 11.8 Å². The Balaban J connectivity index is 2.22. The fourth-order valence-corrected chi connectivity index (χ4v) is 5.73. The molecule has 302 valence electrons. The molecular formula is C38H55N7O9S. The fourth-order valence-electron chi connectivity index (χ4n) is 5.26. The number of nitrogens with one attached hydrogen (secondary N) is 5. The van der Waals surface area contributed by atoms with E-state index in [4.69, 9.17) is 16.2 Å². The maximum Gasteiger partial charge on any atom is 0.326 e. The molecule has 0 saturated heterocycles. The van der Waals surface area contributed by atoms with Crippen LogP contribution < -0.4 is 38.1 Å². The minimum Gasteiger partial charge on any atom is -0.480 e. The molecule has 2 rings (SSSR count). The van der Waals surface area contributed by atoms with E-state index in [-0.39, 0.29) is 38.2 Å². The van der Waals surface area contributed by atoms with Crippen LogP contribution in [0.25, 0.3) is 0 Å². The van der Waals surface area contributed by atoms with E-state index in [1.165, 1.54) is 11.8 Å². The zero-order chi connectivity index (χ0) is 40.8. The van der Waals surface area contributed by atoms with Crippen molar-refractivity contribution in [3.63, 3.8) is 0 Å². The van der Waals surface area contributed by atoms with Gasteiger partial charge in [-0.2, -0.15) is 11.8 Å². The maximum atomic E-state index is 13.8. The van der Waals surface area contributed by atoms with E-state index in [1.54, 1.807) is 60.7 Å². The summed E-state index contributed by atoms with van der Waals surface area (Å²) in [5, 5.41) is 22.2. The van der Waals surface area contributed by atoms with Crippen molar-refractivity contribution in [3.05, 3.63) is 71.8 Å². The third-order valence-electron chi connectivity index (χ3n) is 8.23. The number of thioether (sulfide) groups is 1. The van der Waals surface area contributed by atoms with Crippen molar-refractivity contribution in [2.75, 3.05) is 25.1 Å². The Morgan fingerprint density at radius 1 is 0.745 bits per heavy atom. The summed E-state index contributed by atoms with van der Waals surface area (Å²) in [6, 6.07) is 11.6. The van der Waals surface area contributed by atoms with Crippen molar-refractivity contribution >= 4 is 53.2 Å². The van der Waals surface area contributed by atoms with Gasteiger partial charge in [0.25, 0.3) is 0 Å². The van der Waals surface area contributed by atoms with Gasteiger partial charge in [-0.15, -0.1) is 0 Å². The molecule has 2 aromatic rings. The van der Waals surface area contributed by atoms with Crippen LogP contribution in [0, 0.1) is 5.92 Å². The van der Waals surface area contributed by atoms with Crippen LogP contribution in [0.5, 0.6) is 0 Å². The van der Waals surface area contributed by atoms with Crippen molar-refractivity contribution in [2.45, 2.75) is 89.2 Å². The second-order valence-corrected chi connectivity index (χ2v) is 14.3. The first-order chi connectivity index (χ1) is 26.2. The van der Waals surface area contributed by atoms with Gasteiger partial charge in [0.15, 0.2) is 0 Å². The van der Waals surface area contributed by atoms with Gasteiger partial charge in [0.2, 0.25) is 29.5 Å². The largest absolute Gasteiger partial charge is 0.480 e. The summed E-state index contributed by atoms with van der Waals surface area (Å²) in [6.07, 6.45) is 2.28. The van der Waals surface area contributed by atoms with Gasteiger partial charge in [0.1, 0.15) is 30.8 Å². The van der Waals surface area contributed by atoms with Crippen molar-refractivity contribution in [1.82, 2.24) is 26.6 Å². The molecule has 0 aromatic heterocycles. The van der Waals surface area contributed by atoms with Crippen molar-refractivity contribution in [2.24, 2.45) is 17.4 Å². The number of nitrogens with two attached hydrogens (primary N) is 2. The summed E-state index contributed by atoms with van der Waals surface area (Å²) in [7, 11) is 0. The molecule has 0 aliphatic carbocycles. The van der Waals surface area contributed by atoms with Crippen molar-refractivity contribution in [1.29, 1.82) is 0 Å². The van der Waals surface area contributed by atoms with Crippen LogP contribution in [0.3, 0.4) is 0 Å². The average molecular weight is 786 g/mol. The lowest BCUT2D eigenvalue weighted by atomic mass is 10.0. The number of ether oxygens (including phenoxy) is 1. The molecule has 0 saturated carbocycles. The lowest BCUT2D eigenvalue weighted by molar-refractivity contribution is -0.147. The third-order valence-corrected chi connectivity index (χ3v) is 8.87. The lowest BCUT2D eigenvalue weighted by Crippen LogP contribution is -2.57. The highest BCUT2D eigenvalue weighted by Gasteiger charge is 2.31. The second kappa shape index (κ2) is 25.1. The Morgan fingerprint density at radius 2 is 1.33 bits per heavy atom. The Morgan fingerprint density at radius 3 is 1.91 bits per heavy atom. The Labute approximate surface area is 326 Å². The quantitative estimate of drug-likeness (QED) is 0.0636. The van der Waals surface area contributed by atoms with Crippen LogP contribution in [-0.2, 0) is 51.3 Å². The highest BCUT2D eigenvalue weighted by molar-refractivity contribution is 7.98. The van der Waals surface area contributed by atoms with Crippen LogP contribution in [0.1, 0.15) is 57.1 Å². The number of carboxylic acid groups (broad SMARTS) is 1.